The predicted octanol–water partition coefficient (Wildman–Crippen LogP) is 4.14. The van der Waals surface area contributed by atoms with Crippen LogP contribution >= 0.6 is 11.3 Å². The Kier molecular flexibility index (Phi) is 5.28. The second-order valence-corrected chi connectivity index (χ2v) is 7.60. The van der Waals surface area contributed by atoms with E-state index in [-0.39, 0.29) is 13.1 Å². The lowest BCUT2D eigenvalue weighted by molar-refractivity contribution is -0.139. The van der Waals surface area contributed by atoms with E-state index < -0.39 is 26.7 Å². The van der Waals surface area contributed by atoms with Gasteiger partial charge in [-0.05, 0) is 23.6 Å². The molecule has 2 rings (SSSR count). The number of hydrogen-bond acceptors (Lipinski definition) is 3. The van der Waals surface area contributed by atoms with Crippen LogP contribution in [-0.4, -0.2) is 19.3 Å². The Balaban J connectivity index is 2.48. The van der Waals surface area contributed by atoms with Gasteiger partial charge >= 0.3 is 6.18 Å². The van der Waals surface area contributed by atoms with Crippen LogP contribution in [0.5, 0.6) is 0 Å². The van der Waals surface area contributed by atoms with Crippen molar-refractivity contribution in [2.45, 2.75) is 17.6 Å². The van der Waals surface area contributed by atoms with Crippen LogP contribution in [0.3, 0.4) is 0 Å². The van der Waals surface area contributed by atoms with Crippen LogP contribution in [0.2, 0.25) is 0 Å². The first-order chi connectivity index (χ1) is 10.8. The predicted molar refractivity (Wildman–Crippen MR) is 83.6 cm³/mol. The maximum absolute atomic E-state index is 13.1. The van der Waals surface area contributed by atoms with E-state index in [1.807, 2.05) is 0 Å². The lowest BCUT2D eigenvalue weighted by Gasteiger charge is -2.22. The van der Waals surface area contributed by atoms with Crippen molar-refractivity contribution in [3.8, 4) is 0 Å². The highest BCUT2D eigenvalue weighted by molar-refractivity contribution is 7.89. The van der Waals surface area contributed by atoms with E-state index in [2.05, 4.69) is 6.58 Å². The number of hydrogen-bond donors (Lipinski definition) is 0. The molecule has 3 nitrogen and oxygen atoms in total. The molecule has 0 bridgehead atoms. The molecule has 0 spiro atoms. The number of thiophene rings is 1. The standard InChI is InChI=1S/C15H14F3NO2S2/c1-2-9-19(11-12-6-5-10-22-12)23(20,21)14-8-4-3-7-13(14)15(16,17)18/h2-8,10H,1,9,11H2. The van der Waals surface area contributed by atoms with E-state index in [1.165, 1.54) is 29.5 Å². The van der Waals surface area contributed by atoms with Crippen molar-refractivity contribution in [3.63, 3.8) is 0 Å². The lowest BCUT2D eigenvalue weighted by Crippen LogP contribution is -2.32. The van der Waals surface area contributed by atoms with Gasteiger partial charge in [-0.2, -0.15) is 17.5 Å². The summed E-state index contributed by atoms with van der Waals surface area (Å²) in [5, 5.41) is 1.78. The molecule has 1 aromatic carbocycles. The van der Waals surface area contributed by atoms with Crippen molar-refractivity contribution >= 4 is 21.4 Å². The molecule has 23 heavy (non-hydrogen) atoms. The Labute approximate surface area is 136 Å². The van der Waals surface area contributed by atoms with E-state index in [0.29, 0.717) is 0 Å². The Bertz CT molecular complexity index is 768. The zero-order valence-electron chi connectivity index (χ0n) is 12.0. The summed E-state index contributed by atoms with van der Waals surface area (Å²) < 4.78 is 65.7. The molecule has 0 atom stereocenters. The molecule has 0 saturated heterocycles. The van der Waals surface area contributed by atoms with Crippen LogP contribution < -0.4 is 0 Å². The Morgan fingerprint density at radius 2 is 1.87 bits per heavy atom. The maximum Gasteiger partial charge on any atom is 0.417 e. The summed E-state index contributed by atoms with van der Waals surface area (Å²) in [6.07, 6.45) is -3.40. The van der Waals surface area contributed by atoms with Crippen molar-refractivity contribution < 1.29 is 21.6 Å². The van der Waals surface area contributed by atoms with E-state index in [1.54, 1.807) is 17.5 Å². The van der Waals surface area contributed by atoms with Crippen molar-refractivity contribution in [1.29, 1.82) is 0 Å². The normalized spacial score (nSPS) is 12.5. The zero-order chi connectivity index (χ0) is 17.1. The van der Waals surface area contributed by atoms with Gasteiger partial charge in [-0.3, -0.25) is 0 Å². The van der Waals surface area contributed by atoms with Gasteiger partial charge in [0.1, 0.15) is 0 Å². The molecule has 0 N–H and O–H groups in total. The minimum absolute atomic E-state index is 0.00177. The van der Waals surface area contributed by atoms with Crippen molar-refractivity contribution in [2.75, 3.05) is 6.54 Å². The first-order valence-corrected chi connectivity index (χ1v) is 8.88. The molecule has 0 saturated carbocycles. The zero-order valence-corrected chi connectivity index (χ0v) is 13.6. The highest BCUT2D eigenvalue weighted by Gasteiger charge is 2.38. The third-order valence-electron chi connectivity index (χ3n) is 3.06. The Morgan fingerprint density at radius 1 is 1.17 bits per heavy atom. The van der Waals surface area contributed by atoms with Gasteiger partial charge in [-0.1, -0.05) is 24.3 Å². The Hall–Kier alpha value is -1.64. The van der Waals surface area contributed by atoms with Crippen LogP contribution in [0, 0.1) is 0 Å². The quantitative estimate of drug-likeness (QED) is 0.725. The summed E-state index contributed by atoms with van der Waals surface area (Å²) in [7, 11) is -4.30. The molecule has 0 unspecified atom stereocenters. The summed E-state index contributed by atoms with van der Waals surface area (Å²) >= 11 is 1.34. The van der Waals surface area contributed by atoms with Gasteiger partial charge in [0.05, 0.1) is 10.5 Å². The molecule has 0 fully saturated rings. The largest absolute Gasteiger partial charge is 0.417 e. The summed E-state index contributed by atoms with van der Waals surface area (Å²) in [4.78, 5) is -0.00850. The molecule has 0 aliphatic carbocycles. The summed E-state index contributed by atoms with van der Waals surface area (Å²) in [6.45, 7) is 3.40. The minimum Gasteiger partial charge on any atom is -0.207 e. The van der Waals surface area contributed by atoms with Crippen LogP contribution in [0.4, 0.5) is 13.2 Å². The van der Waals surface area contributed by atoms with Crippen LogP contribution in [0.25, 0.3) is 0 Å². The average molecular weight is 361 g/mol. The molecule has 2 aromatic rings. The molecular weight excluding hydrogens is 347 g/mol. The summed E-state index contributed by atoms with van der Waals surface area (Å²) in [5.41, 5.74) is -1.17. The van der Waals surface area contributed by atoms with Gasteiger partial charge in [-0.15, -0.1) is 17.9 Å². The third kappa shape index (κ3) is 4.01. The van der Waals surface area contributed by atoms with Gasteiger partial charge < -0.3 is 0 Å². The topological polar surface area (TPSA) is 37.4 Å². The van der Waals surface area contributed by atoms with E-state index in [0.717, 1.165) is 21.3 Å². The summed E-state index contributed by atoms with van der Waals surface area (Å²) in [5.74, 6) is 0. The van der Waals surface area contributed by atoms with Gasteiger partial charge in [0.15, 0.2) is 0 Å². The molecule has 124 valence electrons. The molecule has 8 heteroatoms. The highest BCUT2D eigenvalue weighted by atomic mass is 32.2. The molecule has 1 aromatic heterocycles. The van der Waals surface area contributed by atoms with Gasteiger partial charge in [0, 0.05) is 18.0 Å². The molecule has 0 radical (unpaired) electrons. The van der Waals surface area contributed by atoms with Gasteiger partial charge in [0.2, 0.25) is 10.0 Å². The molecule has 0 aliphatic heterocycles. The number of sulfonamides is 1. The fourth-order valence-corrected chi connectivity index (χ4v) is 4.44. The first-order valence-electron chi connectivity index (χ1n) is 6.56. The molecule has 0 amide bonds. The molecule has 1 heterocycles. The SMILES string of the molecule is C=CCN(Cc1cccs1)S(=O)(=O)c1ccccc1C(F)(F)F. The van der Waals surface area contributed by atoms with Crippen molar-refractivity contribution in [1.82, 2.24) is 4.31 Å². The van der Waals surface area contributed by atoms with E-state index >= 15 is 0 Å². The van der Waals surface area contributed by atoms with Crippen LogP contribution in [-0.2, 0) is 22.7 Å². The fourth-order valence-electron chi connectivity index (χ4n) is 2.03. The fraction of sp³-hybridized carbons (Fsp3) is 0.200. The van der Waals surface area contributed by atoms with Crippen molar-refractivity contribution in [3.05, 3.63) is 64.9 Å². The minimum atomic E-state index is -4.74. The van der Waals surface area contributed by atoms with E-state index in [9.17, 15) is 21.6 Å². The highest BCUT2D eigenvalue weighted by Crippen LogP contribution is 2.35. The van der Waals surface area contributed by atoms with Crippen LogP contribution in [0.15, 0.2) is 59.3 Å². The summed E-state index contributed by atoms with van der Waals surface area (Å²) in [6, 6.07) is 7.67. The molecule has 0 aliphatic rings. The first kappa shape index (κ1) is 17.7. The Morgan fingerprint density at radius 3 is 2.43 bits per heavy atom. The van der Waals surface area contributed by atoms with Crippen molar-refractivity contribution in [2.24, 2.45) is 0 Å². The molecular formula is C15H14F3NO2S2. The number of alkyl halides is 3. The second kappa shape index (κ2) is 6.86. The number of halogens is 3. The van der Waals surface area contributed by atoms with Crippen LogP contribution in [0.1, 0.15) is 10.4 Å². The third-order valence-corrected chi connectivity index (χ3v) is 5.79. The monoisotopic (exact) mass is 361 g/mol. The number of benzene rings is 1. The number of nitrogens with zero attached hydrogens (tertiary/aromatic N) is 1. The van der Waals surface area contributed by atoms with Gasteiger partial charge in [-0.25, -0.2) is 8.42 Å². The smallest absolute Gasteiger partial charge is 0.207 e. The van der Waals surface area contributed by atoms with Gasteiger partial charge in [0.25, 0.3) is 0 Å². The van der Waals surface area contributed by atoms with E-state index in [4.69, 9.17) is 0 Å². The lowest BCUT2D eigenvalue weighted by atomic mass is 10.2. The number of rotatable bonds is 6. The maximum atomic E-state index is 13.1. The second-order valence-electron chi connectivity index (χ2n) is 4.66. The average Bonchev–Trinajstić information content (AvgIpc) is 2.99.